The second kappa shape index (κ2) is 10.0. The van der Waals surface area contributed by atoms with E-state index in [1.54, 1.807) is 0 Å². The summed E-state index contributed by atoms with van der Waals surface area (Å²) in [4.78, 5) is 5.04. The molecule has 3 heterocycles. The fourth-order valence-electron chi connectivity index (χ4n) is 7.92. The van der Waals surface area contributed by atoms with Crippen LogP contribution in [0.5, 0.6) is 0 Å². The van der Waals surface area contributed by atoms with Gasteiger partial charge in [-0.15, -0.1) is 0 Å². The number of benzene rings is 7. The third-order valence-electron chi connectivity index (χ3n) is 9.74. The van der Waals surface area contributed by atoms with Crippen molar-refractivity contribution >= 4 is 84.5 Å². The van der Waals surface area contributed by atoms with Gasteiger partial charge in [0, 0.05) is 0 Å². The summed E-state index contributed by atoms with van der Waals surface area (Å²) < 4.78 is 7.01. The number of nitrogens with zero attached hydrogens (tertiary/aromatic N) is 3. The van der Waals surface area contributed by atoms with Crippen molar-refractivity contribution in [2.45, 2.75) is 0 Å². The summed E-state index contributed by atoms with van der Waals surface area (Å²) >= 11 is -2.55. The number of para-hydroxylation sites is 6. The summed E-state index contributed by atoms with van der Waals surface area (Å²) in [5.41, 5.74) is 11.2. The van der Waals surface area contributed by atoms with Crippen LogP contribution in [0.4, 0.5) is 34.1 Å². The quantitative estimate of drug-likeness (QED) is 0.178. The van der Waals surface area contributed by atoms with Crippen LogP contribution in [0.3, 0.4) is 0 Å². The van der Waals surface area contributed by atoms with Crippen LogP contribution in [0.25, 0.3) is 27.5 Å². The first-order chi connectivity index (χ1) is 22.9. The van der Waals surface area contributed by atoms with Gasteiger partial charge in [-0.25, -0.2) is 0 Å². The number of rotatable bonds is 3. The predicted octanol–water partition coefficient (Wildman–Crippen LogP) is 8.87. The molecule has 0 N–H and O–H groups in total. The van der Waals surface area contributed by atoms with Gasteiger partial charge in [0.25, 0.3) is 0 Å². The zero-order chi connectivity index (χ0) is 30.2. The van der Waals surface area contributed by atoms with E-state index in [4.69, 9.17) is 0 Å². The van der Waals surface area contributed by atoms with E-state index >= 15 is 0 Å². The maximum absolute atomic E-state index is 2.55. The van der Waals surface area contributed by atoms with Crippen molar-refractivity contribution < 1.29 is 0 Å². The van der Waals surface area contributed by atoms with Crippen LogP contribution < -0.4 is 22.2 Å². The first-order valence-electron chi connectivity index (χ1n) is 15.9. The van der Waals surface area contributed by atoms with Gasteiger partial charge in [0.1, 0.15) is 0 Å². The minimum atomic E-state index is -2.55. The van der Waals surface area contributed by atoms with Gasteiger partial charge in [0.15, 0.2) is 0 Å². The molecule has 0 radical (unpaired) electrons. The summed E-state index contributed by atoms with van der Waals surface area (Å²) in [5.74, 6) is 0. The van der Waals surface area contributed by atoms with E-state index in [0.29, 0.717) is 0 Å². The van der Waals surface area contributed by atoms with Gasteiger partial charge in [-0.2, -0.15) is 0 Å². The third kappa shape index (κ3) is 3.63. The topological polar surface area (TPSA) is 11.4 Å². The molecule has 0 bridgehead atoms. The summed E-state index contributed by atoms with van der Waals surface area (Å²) in [6, 6.07) is 62.7. The Bertz CT molecular complexity index is 2280. The first-order valence-corrected chi connectivity index (χ1v) is 19.5. The van der Waals surface area contributed by atoms with Crippen molar-refractivity contribution in [2.24, 2.45) is 0 Å². The van der Waals surface area contributed by atoms with E-state index in [0.717, 1.165) is 0 Å². The Morgan fingerprint density at radius 1 is 0.348 bits per heavy atom. The standard InChI is InChI=1S/C42H28N3.Ga/c1-5-17-32(18-6-1)43(33-19-7-2-8-20-33)36-29-37(44(34-21-9-3-10-22-34)35-23-11-4-12-24-35)31-38(30-36)45-41-27-15-13-25-39(41)40-26-14-16-28-42(40)45;/h1-19,21-23,25-28,30-31H;. The third-order valence-corrected chi connectivity index (χ3v) is 16.8. The second-order valence-electron chi connectivity index (χ2n) is 12.2. The molecule has 0 amide bonds. The Labute approximate surface area is 273 Å². The number of fused-ring (bicyclic) bond motifs is 7. The average molecular weight is 644 g/mol. The van der Waals surface area contributed by atoms with E-state index in [1.165, 1.54) is 74.0 Å². The van der Waals surface area contributed by atoms with Crippen LogP contribution in [0.15, 0.2) is 170 Å². The molecule has 0 atom stereocenters. The summed E-state index contributed by atoms with van der Waals surface area (Å²) in [7, 11) is 0. The van der Waals surface area contributed by atoms with Crippen molar-refractivity contribution in [1.82, 2.24) is 4.57 Å². The van der Waals surface area contributed by atoms with Gasteiger partial charge in [0.2, 0.25) is 0 Å². The minimum absolute atomic E-state index is 1.17. The van der Waals surface area contributed by atoms with Gasteiger partial charge in [-0.05, 0) is 0 Å². The second-order valence-corrected chi connectivity index (χ2v) is 17.8. The van der Waals surface area contributed by atoms with Crippen molar-refractivity contribution in [3.8, 4) is 5.69 Å². The molecule has 46 heavy (non-hydrogen) atoms. The predicted molar refractivity (Wildman–Crippen MR) is 195 cm³/mol. The van der Waals surface area contributed by atoms with Crippen molar-refractivity contribution in [3.63, 3.8) is 0 Å². The molecule has 0 fully saturated rings. The molecule has 7 aromatic carbocycles. The molecule has 0 saturated carbocycles. The van der Waals surface area contributed by atoms with Crippen LogP contribution in [0, 0.1) is 0 Å². The molecule has 8 aromatic rings. The van der Waals surface area contributed by atoms with Crippen molar-refractivity contribution in [3.05, 3.63) is 170 Å². The molecule has 0 unspecified atom stereocenters. The summed E-state index contributed by atoms with van der Waals surface area (Å²) in [5, 5.41) is 2.55. The van der Waals surface area contributed by atoms with Gasteiger partial charge in [0.05, 0.1) is 0 Å². The molecular formula is C42H28GaN3. The molecule has 0 aliphatic carbocycles. The number of hydrogen-bond acceptors (Lipinski definition) is 2. The van der Waals surface area contributed by atoms with Gasteiger partial charge < -0.3 is 0 Å². The summed E-state index contributed by atoms with van der Waals surface area (Å²) in [6.45, 7) is 0. The maximum atomic E-state index is 2.52. The van der Waals surface area contributed by atoms with E-state index in [9.17, 15) is 0 Å². The van der Waals surface area contributed by atoms with E-state index in [-0.39, 0.29) is 0 Å². The molecule has 2 aliphatic heterocycles. The Hall–Kier alpha value is -5.42. The SMILES string of the molecule is c1ccc(N2c3cccc[c]3[Ga]3[c]4ccccc4N(c4ccccc4)c4cc(-n5c6ccccc6c6ccccc65)cc2[c]43)cc1. The molecule has 0 spiro atoms. The van der Waals surface area contributed by atoms with Gasteiger partial charge in [-0.1, -0.05) is 0 Å². The van der Waals surface area contributed by atoms with Crippen molar-refractivity contribution in [2.75, 3.05) is 9.80 Å². The van der Waals surface area contributed by atoms with Crippen LogP contribution in [-0.2, 0) is 0 Å². The zero-order valence-corrected chi connectivity index (χ0v) is 27.5. The number of anilines is 6. The zero-order valence-electron chi connectivity index (χ0n) is 25.1. The fourth-order valence-corrected chi connectivity index (χ4v) is 15.5. The molecule has 214 valence electrons. The Morgan fingerprint density at radius 2 is 0.761 bits per heavy atom. The molecule has 2 aliphatic rings. The first kappa shape index (κ1) is 25.9. The average Bonchev–Trinajstić information content (AvgIpc) is 3.46. The normalized spacial score (nSPS) is 13.1. The molecule has 10 rings (SSSR count). The van der Waals surface area contributed by atoms with Crippen LogP contribution in [0.1, 0.15) is 0 Å². The van der Waals surface area contributed by atoms with E-state index in [1.807, 2.05) is 0 Å². The molecule has 3 nitrogen and oxygen atoms in total. The van der Waals surface area contributed by atoms with Gasteiger partial charge >= 0.3 is 274 Å². The number of aromatic nitrogens is 1. The van der Waals surface area contributed by atoms with Crippen LogP contribution in [-0.4, -0.2) is 20.8 Å². The molecule has 4 heteroatoms. The number of hydrogen-bond donors (Lipinski definition) is 0. The van der Waals surface area contributed by atoms with E-state index < -0.39 is 16.2 Å². The molecule has 0 saturated heterocycles. The Morgan fingerprint density at radius 3 is 1.26 bits per heavy atom. The monoisotopic (exact) mass is 643 g/mol. The summed E-state index contributed by atoms with van der Waals surface area (Å²) in [6.07, 6.45) is 0. The molecule has 1 aromatic heterocycles. The van der Waals surface area contributed by atoms with Gasteiger partial charge in [-0.3, -0.25) is 0 Å². The van der Waals surface area contributed by atoms with Crippen molar-refractivity contribution in [1.29, 1.82) is 0 Å². The Kier molecular flexibility index (Phi) is 5.65. The Balaban J connectivity index is 1.38. The fraction of sp³-hybridized carbons (Fsp3) is 0. The van der Waals surface area contributed by atoms with Crippen LogP contribution >= 0.6 is 0 Å². The van der Waals surface area contributed by atoms with Crippen LogP contribution in [0.2, 0.25) is 0 Å². The van der Waals surface area contributed by atoms with E-state index in [2.05, 4.69) is 184 Å². The molecular weight excluding hydrogens is 616 g/mol.